The Kier molecular flexibility index (Phi) is 7.70. The van der Waals surface area contributed by atoms with E-state index in [1.807, 2.05) is 12.1 Å². The van der Waals surface area contributed by atoms with E-state index in [-0.39, 0.29) is 30.8 Å². The number of carbonyl (C=O) groups excluding carboxylic acids is 1. The number of hydrogen-bond acceptors (Lipinski definition) is 5. The molecule has 0 saturated heterocycles. The molecule has 1 atom stereocenters. The third-order valence-electron chi connectivity index (χ3n) is 5.29. The Balaban J connectivity index is 1.45. The van der Waals surface area contributed by atoms with Crippen molar-refractivity contribution in [1.82, 2.24) is 9.88 Å². The summed E-state index contributed by atoms with van der Waals surface area (Å²) in [5, 5.41) is 14.7. The van der Waals surface area contributed by atoms with E-state index in [0.29, 0.717) is 21.0 Å². The van der Waals surface area contributed by atoms with Crippen molar-refractivity contribution in [3.8, 4) is 0 Å². The maximum atomic E-state index is 13.0. The van der Waals surface area contributed by atoms with Crippen LogP contribution in [0.3, 0.4) is 0 Å². The lowest BCUT2D eigenvalue weighted by Crippen LogP contribution is -2.29. The van der Waals surface area contributed by atoms with Gasteiger partial charge in [-0.2, -0.15) is 0 Å². The number of ether oxygens (including phenoxy) is 1. The van der Waals surface area contributed by atoms with Crippen LogP contribution in [0, 0.1) is 0 Å². The molecular formula is C25H22Cl2N2O4S. The van der Waals surface area contributed by atoms with Crippen LogP contribution >= 0.6 is 34.5 Å². The van der Waals surface area contributed by atoms with Gasteiger partial charge < -0.3 is 19.7 Å². The molecule has 2 aromatic heterocycles. The van der Waals surface area contributed by atoms with E-state index in [2.05, 4.69) is 5.32 Å². The van der Waals surface area contributed by atoms with E-state index in [0.717, 1.165) is 15.3 Å². The number of hydrogen-bond donors (Lipinski definition) is 2. The predicted molar refractivity (Wildman–Crippen MR) is 136 cm³/mol. The number of aliphatic hydroxyl groups is 1. The number of benzene rings is 2. The zero-order valence-corrected chi connectivity index (χ0v) is 20.6. The second-order valence-corrected chi connectivity index (χ2v) is 9.73. The van der Waals surface area contributed by atoms with E-state index < -0.39 is 12.0 Å². The van der Waals surface area contributed by atoms with Gasteiger partial charge >= 0.3 is 0 Å². The molecule has 176 valence electrons. The number of amides is 1. The molecule has 2 N–H and O–H groups in total. The summed E-state index contributed by atoms with van der Waals surface area (Å²) in [4.78, 5) is 27.3. The lowest BCUT2D eigenvalue weighted by atomic mass is 10.1. The Labute approximate surface area is 210 Å². The minimum absolute atomic E-state index is 0.0622. The number of rotatable bonds is 8. The smallest absolute Gasteiger partial charge is 0.257 e. The molecule has 9 heteroatoms. The summed E-state index contributed by atoms with van der Waals surface area (Å²) in [5.74, 6) is -0.440. The standard InChI is InChI=1S/C25H22Cl2N2O4S/c1-29-12-20(24(32)28-11-15-6-8-16(26)9-7-15)23(31)19-10-17(34-25(19)29)13-33-14-22(30)18-4-2-3-5-21(18)27/h2-10,12,22,30H,11,13-14H2,1H3,(H,28,32)/t22-/m0/s1. The van der Waals surface area contributed by atoms with Crippen molar-refractivity contribution in [3.63, 3.8) is 0 Å². The predicted octanol–water partition coefficient (Wildman–Crippen LogP) is 5.09. The van der Waals surface area contributed by atoms with Gasteiger partial charge in [0.15, 0.2) is 0 Å². The molecule has 2 aromatic carbocycles. The van der Waals surface area contributed by atoms with Gasteiger partial charge in [0.2, 0.25) is 5.43 Å². The van der Waals surface area contributed by atoms with Crippen LogP contribution in [0.1, 0.15) is 32.5 Å². The highest BCUT2D eigenvalue weighted by molar-refractivity contribution is 7.18. The van der Waals surface area contributed by atoms with E-state index in [1.165, 1.54) is 11.3 Å². The second kappa shape index (κ2) is 10.7. The molecule has 0 radical (unpaired) electrons. The van der Waals surface area contributed by atoms with Gasteiger partial charge in [-0.1, -0.05) is 53.5 Å². The third-order valence-corrected chi connectivity index (χ3v) is 7.09. The first-order valence-electron chi connectivity index (χ1n) is 10.5. The van der Waals surface area contributed by atoms with Gasteiger partial charge in [-0.15, -0.1) is 11.3 Å². The summed E-state index contributed by atoms with van der Waals surface area (Å²) >= 11 is 13.4. The number of carbonyl (C=O) groups is 1. The average molecular weight is 517 g/mol. The van der Waals surface area contributed by atoms with Crippen LogP contribution in [-0.4, -0.2) is 22.2 Å². The van der Waals surface area contributed by atoms with E-state index in [1.54, 1.807) is 60.3 Å². The summed E-state index contributed by atoms with van der Waals surface area (Å²) < 4.78 is 7.44. The zero-order valence-electron chi connectivity index (χ0n) is 18.3. The molecule has 6 nitrogen and oxygen atoms in total. The van der Waals surface area contributed by atoms with Crippen LogP contribution < -0.4 is 10.7 Å². The number of fused-ring (bicyclic) bond motifs is 1. The van der Waals surface area contributed by atoms with Crippen molar-refractivity contribution in [3.05, 3.63) is 103 Å². The Hall–Kier alpha value is -2.68. The fraction of sp³-hybridized carbons (Fsp3) is 0.200. The van der Waals surface area contributed by atoms with E-state index in [4.69, 9.17) is 27.9 Å². The molecular weight excluding hydrogens is 495 g/mol. The molecule has 1 amide bonds. The SMILES string of the molecule is Cn1cc(C(=O)NCc2ccc(Cl)cc2)c(=O)c2cc(COC[C@H](O)c3ccccc3Cl)sc21. The number of aliphatic hydroxyl groups excluding tert-OH is 1. The van der Waals surface area contributed by atoms with Crippen molar-refractivity contribution in [2.75, 3.05) is 6.61 Å². The molecule has 0 saturated carbocycles. The monoisotopic (exact) mass is 516 g/mol. The molecule has 4 aromatic rings. The first-order chi connectivity index (χ1) is 16.3. The van der Waals surface area contributed by atoms with Crippen LogP contribution in [0.5, 0.6) is 0 Å². The largest absolute Gasteiger partial charge is 0.386 e. The van der Waals surface area contributed by atoms with Crippen LogP contribution in [-0.2, 0) is 24.9 Å². The van der Waals surface area contributed by atoms with E-state index >= 15 is 0 Å². The van der Waals surface area contributed by atoms with Crippen molar-refractivity contribution >= 4 is 50.7 Å². The lowest BCUT2D eigenvalue weighted by molar-refractivity contribution is 0.0288. The van der Waals surface area contributed by atoms with Crippen molar-refractivity contribution in [1.29, 1.82) is 0 Å². The van der Waals surface area contributed by atoms with E-state index in [9.17, 15) is 14.7 Å². The molecule has 0 aliphatic rings. The Bertz CT molecular complexity index is 1380. The summed E-state index contributed by atoms with van der Waals surface area (Å²) in [6, 6.07) is 15.9. The second-order valence-electron chi connectivity index (χ2n) is 7.78. The number of aromatic nitrogens is 1. The third kappa shape index (κ3) is 5.51. The highest BCUT2D eigenvalue weighted by atomic mass is 35.5. The Morgan fingerprint density at radius 3 is 2.65 bits per heavy atom. The normalized spacial score (nSPS) is 12.1. The van der Waals surface area contributed by atoms with Gasteiger partial charge in [0.05, 0.1) is 18.6 Å². The number of halogens is 2. The number of pyridine rings is 1. The number of aryl methyl sites for hydroxylation is 1. The first kappa shape index (κ1) is 24.4. The van der Waals surface area contributed by atoms with Crippen molar-refractivity contribution in [2.45, 2.75) is 19.3 Å². The summed E-state index contributed by atoms with van der Waals surface area (Å²) in [6.45, 7) is 0.568. The maximum absolute atomic E-state index is 13.0. The minimum Gasteiger partial charge on any atom is -0.386 e. The van der Waals surface area contributed by atoms with Gasteiger partial charge in [-0.3, -0.25) is 9.59 Å². The molecule has 0 unspecified atom stereocenters. The first-order valence-corrected chi connectivity index (χ1v) is 12.1. The van der Waals surface area contributed by atoms with Crippen LogP contribution in [0.4, 0.5) is 0 Å². The minimum atomic E-state index is -0.856. The topological polar surface area (TPSA) is 80.6 Å². The fourth-order valence-electron chi connectivity index (χ4n) is 3.53. The Morgan fingerprint density at radius 1 is 1.18 bits per heavy atom. The zero-order chi connectivity index (χ0) is 24.2. The average Bonchev–Trinajstić information content (AvgIpc) is 3.26. The summed E-state index contributed by atoms with van der Waals surface area (Å²) in [5.41, 5.74) is 1.22. The maximum Gasteiger partial charge on any atom is 0.257 e. The van der Waals surface area contributed by atoms with Crippen LogP contribution in [0.15, 0.2) is 65.6 Å². The van der Waals surface area contributed by atoms with Crippen molar-refractivity contribution in [2.24, 2.45) is 7.05 Å². The number of thiophene rings is 1. The molecule has 0 aliphatic heterocycles. The number of nitrogens with one attached hydrogen (secondary N) is 1. The molecule has 0 fully saturated rings. The fourth-order valence-corrected chi connectivity index (χ4v) is 4.94. The summed E-state index contributed by atoms with van der Waals surface area (Å²) in [6.07, 6.45) is 0.689. The Morgan fingerprint density at radius 2 is 1.91 bits per heavy atom. The van der Waals surface area contributed by atoms with Gasteiger partial charge in [0.1, 0.15) is 16.5 Å². The van der Waals surface area contributed by atoms with Crippen molar-refractivity contribution < 1.29 is 14.6 Å². The van der Waals surface area contributed by atoms with Crippen LogP contribution in [0.25, 0.3) is 10.2 Å². The molecule has 2 heterocycles. The molecule has 4 rings (SSSR count). The van der Waals surface area contributed by atoms with Crippen LogP contribution in [0.2, 0.25) is 10.0 Å². The van der Waals surface area contributed by atoms with Gasteiger partial charge in [0, 0.05) is 40.3 Å². The lowest BCUT2D eigenvalue weighted by Gasteiger charge is -2.12. The molecule has 34 heavy (non-hydrogen) atoms. The highest BCUT2D eigenvalue weighted by Gasteiger charge is 2.17. The van der Waals surface area contributed by atoms with Gasteiger partial charge in [0.25, 0.3) is 5.91 Å². The molecule has 0 aliphatic carbocycles. The van der Waals surface area contributed by atoms with Gasteiger partial charge in [-0.05, 0) is 29.8 Å². The quantitative estimate of drug-likeness (QED) is 0.342. The molecule has 0 spiro atoms. The highest BCUT2D eigenvalue weighted by Crippen LogP contribution is 2.26. The molecule has 0 bridgehead atoms. The number of nitrogens with zero attached hydrogens (tertiary/aromatic N) is 1. The van der Waals surface area contributed by atoms with Gasteiger partial charge in [-0.25, -0.2) is 0 Å². The summed E-state index contributed by atoms with van der Waals surface area (Å²) in [7, 11) is 1.79.